The van der Waals surface area contributed by atoms with Crippen molar-refractivity contribution >= 4 is 23.5 Å². The summed E-state index contributed by atoms with van der Waals surface area (Å²) >= 11 is 0. The molecule has 4 heterocycles. The molecule has 3 N–H and O–H groups in total. The zero-order chi connectivity index (χ0) is 24.5. The van der Waals surface area contributed by atoms with E-state index in [9.17, 15) is 14.0 Å². The van der Waals surface area contributed by atoms with E-state index in [4.69, 9.17) is 9.73 Å². The number of pyridine rings is 1. The van der Waals surface area contributed by atoms with Crippen LogP contribution in [-0.2, 0) is 13.1 Å². The third-order valence-electron chi connectivity index (χ3n) is 5.99. The van der Waals surface area contributed by atoms with Gasteiger partial charge in [-0.25, -0.2) is 19.0 Å². The number of aliphatic imine (C=N–C) groups is 1. The topological polar surface area (TPSA) is 123 Å². The second kappa shape index (κ2) is 9.16. The largest absolute Gasteiger partial charge is 0.473 e. The van der Waals surface area contributed by atoms with E-state index in [-0.39, 0.29) is 36.7 Å². The van der Waals surface area contributed by atoms with Crippen LogP contribution < -0.4 is 20.7 Å². The van der Waals surface area contributed by atoms with Gasteiger partial charge in [-0.3, -0.25) is 9.59 Å². The number of nitrogens with one attached hydrogen (secondary N) is 3. The molecule has 180 valence electrons. The van der Waals surface area contributed by atoms with Gasteiger partial charge in [-0.1, -0.05) is 12.1 Å². The highest BCUT2D eigenvalue weighted by Gasteiger charge is 2.30. The van der Waals surface area contributed by atoms with Crippen molar-refractivity contribution in [3.05, 3.63) is 70.8 Å². The summed E-state index contributed by atoms with van der Waals surface area (Å²) in [6, 6.07) is 8.59. The van der Waals surface area contributed by atoms with Gasteiger partial charge in [0, 0.05) is 24.7 Å². The number of hydrogen-bond acceptors (Lipinski definition) is 7. The lowest BCUT2D eigenvalue weighted by Gasteiger charge is -2.26. The van der Waals surface area contributed by atoms with Gasteiger partial charge in [0.15, 0.2) is 5.82 Å². The first-order chi connectivity index (χ1) is 16.9. The molecule has 11 heteroatoms. The summed E-state index contributed by atoms with van der Waals surface area (Å²) < 4.78 is 21.6. The monoisotopic (exact) mass is 477 g/mol. The maximum atomic E-state index is 14.0. The molecular formula is C24H24FN7O3. The number of carbonyl (C=O) groups is 2. The van der Waals surface area contributed by atoms with Crippen LogP contribution in [0.1, 0.15) is 44.7 Å². The fraction of sp³-hybridized carbons (Fsp3) is 0.292. The average molecular weight is 478 g/mol. The van der Waals surface area contributed by atoms with E-state index in [2.05, 4.69) is 26.0 Å². The molecule has 2 bridgehead atoms. The van der Waals surface area contributed by atoms with Gasteiger partial charge in [0.25, 0.3) is 11.8 Å². The quantitative estimate of drug-likeness (QED) is 0.518. The molecule has 0 saturated carbocycles. The van der Waals surface area contributed by atoms with Crippen LogP contribution in [0.5, 0.6) is 5.88 Å². The predicted octanol–water partition coefficient (Wildman–Crippen LogP) is 1.90. The van der Waals surface area contributed by atoms with Crippen LogP contribution in [0.15, 0.2) is 47.7 Å². The van der Waals surface area contributed by atoms with E-state index in [0.29, 0.717) is 34.9 Å². The standard InChI is InChI=1S/C24H24FN7O3/c1-13-8-28-23(34)18-11-30-32-12-19(14-3-5-15(6-4-14)22(33)26-2)20(31-21(18)32)27-9-16-7-17(25)10-29-24(16)35-13/h3-7,10-11,13,19H,8-9,12H2,1-2H3,(H,26,33)(H,27,31)(H,28,34)/t13-,19?/m0/s1. The molecule has 0 radical (unpaired) electrons. The highest BCUT2D eigenvalue weighted by Crippen LogP contribution is 2.31. The van der Waals surface area contributed by atoms with Crippen molar-refractivity contribution in [3.63, 3.8) is 0 Å². The molecule has 0 spiro atoms. The lowest BCUT2D eigenvalue weighted by Crippen LogP contribution is -2.34. The summed E-state index contributed by atoms with van der Waals surface area (Å²) in [5.74, 6) is 0.0916. The molecule has 0 saturated heterocycles. The fourth-order valence-electron chi connectivity index (χ4n) is 4.13. The fourth-order valence-corrected chi connectivity index (χ4v) is 4.13. The number of hydrogen-bond donors (Lipinski definition) is 3. The molecule has 2 amide bonds. The molecule has 5 rings (SSSR count). The van der Waals surface area contributed by atoms with Crippen molar-refractivity contribution in [2.24, 2.45) is 4.99 Å². The van der Waals surface area contributed by atoms with Crippen LogP contribution in [0.2, 0.25) is 0 Å². The molecule has 0 fully saturated rings. The normalized spacial score (nSPS) is 19.4. The maximum absolute atomic E-state index is 14.0. The molecule has 35 heavy (non-hydrogen) atoms. The zero-order valence-corrected chi connectivity index (χ0v) is 19.2. The first-order valence-corrected chi connectivity index (χ1v) is 11.2. The molecule has 1 aromatic carbocycles. The van der Waals surface area contributed by atoms with Gasteiger partial charge in [-0.2, -0.15) is 5.10 Å². The molecule has 1 unspecified atom stereocenters. The van der Waals surface area contributed by atoms with Gasteiger partial charge in [0.05, 0.1) is 31.4 Å². The molecular weight excluding hydrogens is 453 g/mol. The molecule has 3 aromatic rings. The van der Waals surface area contributed by atoms with Crippen LogP contribution in [-0.4, -0.2) is 52.1 Å². The SMILES string of the molecule is CNC(=O)c1ccc(C2Cn3ncc4c3N=C2NCc2cc(F)cnc2O[C@@H](C)CNC4=O)cc1. The van der Waals surface area contributed by atoms with Gasteiger partial charge in [-0.05, 0) is 30.7 Å². The number of fused-ring (bicyclic) bond motifs is 1. The van der Waals surface area contributed by atoms with E-state index < -0.39 is 11.9 Å². The van der Waals surface area contributed by atoms with Crippen molar-refractivity contribution in [3.8, 4) is 5.88 Å². The van der Waals surface area contributed by atoms with E-state index in [1.54, 1.807) is 30.8 Å². The minimum Gasteiger partial charge on any atom is -0.473 e. The first-order valence-electron chi connectivity index (χ1n) is 11.2. The number of carbonyl (C=O) groups excluding carboxylic acids is 2. The van der Waals surface area contributed by atoms with Gasteiger partial charge >= 0.3 is 0 Å². The lowest BCUT2D eigenvalue weighted by molar-refractivity contribution is 0.0929. The maximum Gasteiger partial charge on any atom is 0.256 e. The Morgan fingerprint density at radius 2 is 2.03 bits per heavy atom. The highest BCUT2D eigenvalue weighted by molar-refractivity contribution is 6.01. The zero-order valence-electron chi connectivity index (χ0n) is 19.2. The number of aromatic nitrogens is 3. The van der Waals surface area contributed by atoms with Crippen molar-refractivity contribution < 1.29 is 18.7 Å². The number of amides is 2. The minimum absolute atomic E-state index is 0.178. The third kappa shape index (κ3) is 4.44. The van der Waals surface area contributed by atoms with Gasteiger partial charge < -0.3 is 20.7 Å². The average Bonchev–Trinajstić information content (AvgIpc) is 3.29. The second-order valence-corrected chi connectivity index (χ2v) is 8.42. The minimum atomic E-state index is -0.480. The summed E-state index contributed by atoms with van der Waals surface area (Å²) in [5.41, 5.74) is 2.32. The van der Waals surface area contributed by atoms with Gasteiger partial charge in [0.1, 0.15) is 23.3 Å². The Morgan fingerprint density at radius 3 is 2.80 bits per heavy atom. The first kappa shape index (κ1) is 22.5. The second-order valence-electron chi connectivity index (χ2n) is 8.42. The summed E-state index contributed by atoms with van der Waals surface area (Å²) in [6.07, 6.45) is 2.20. The molecule has 2 aliphatic rings. The van der Waals surface area contributed by atoms with Crippen molar-refractivity contribution in [1.82, 2.24) is 30.7 Å². The lowest BCUT2D eigenvalue weighted by atomic mass is 9.95. The Labute approximate surface area is 200 Å². The Morgan fingerprint density at radius 1 is 1.23 bits per heavy atom. The highest BCUT2D eigenvalue weighted by atomic mass is 19.1. The van der Waals surface area contributed by atoms with Crippen LogP contribution >= 0.6 is 0 Å². The summed E-state index contributed by atoms with van der Waals surface area (Å²) in [5, 5.41) is 13.1. The molecule has 2 aliphatic heterocycles. The number of rotatable bonds is 2. The number of halogens is 1. The molecule has 0 aliphatic carbocycles. The number of benzene rings is 1. The van der Waals surface area contributed by atoms with E-state index in [0.717, 1.165) is 11.8 Å². The van der Waals surface area contributed by atoms with Crippen LogP contribution in [0, 0.1) is 5.82 Å². The predicted molar refractivity (Wildman–Crippen MR) is 125 cm³/mol. The van der Waals surface area contributed by atoms with Crippen molar-refractivity contribution in [1.29, 1.82) is 0 Å². The summed E-state index contributed by atoms with van der Waals surface area (Å²) in [4.78, 5) is 33.7. The van der Waals surface area contributed by atoms with Crippen molar-refractivity contribution in [2.75, 3.05) is 13.6 Å². The molecule has 2 aromatic heterocycles. The van der Waals surface area contributed by atoms with E-state index in [1.165, 1.54) is 12.3 Å². The third-order valence-corrected chi connectivity index (χ3v) is 5.99. The Kier molecular flexibility index (Phi) is 5.89. The number of ether oxygens (including phenoxy) is 1. The smallest absolute Gasteiger partial charge is 0.256 e. The van der Waals surface area contributed by atoms with Gasteiger partial charge in [-0.15, -0.1) is 0 Å². The van der Waals surface area contributed by atoms with E-state index >= 15 is 0 Å². The van der Waals surface area contributed by atoms with Gasteiger partial charge in [0.2, 0.25) is 5.88 Å². The number of nitrogens with zero attached hydrogens (tertiary/aromatic N) is 4. The molecule has 2 atom stereocenters. The Balaban J connectivity index is 1.55. The number of amidine groups is 1. The van der Waals surface area contributed by atoms with Crippen molar-refractivity contribution in [2.45, 2.75) is 32.0 Å². The summed E-state index contributed by atoms with van der Waals surface area (Å²) in [6.45, 7) is 2.66. The van der Waals surface area contributed by atoms with E-state index in [1.807, 2.05) is 12.1 Å². The molecule has 10 nitrogen and oxygen atoms in total. The van der Waals surface area contributed by atoms with Crippen LogP contribution in [0.25, 0.3) is 0 Å². The van der Waals surface area contributed by atoms with Crippen LogP contribution in [0.3, 0.4) is 0 Å². The summed E-state index contributed by atoms with van der Waals surface area (Å²) in [7, 11) is 1.58. The van der Waals surface area contributed by atoms with Crippen LogP contribution in [0.4, 0.5) is 10.2 Å². The Bertz CT molecular complexity index is 1320. The Hall–Kier alpha value is -4.28.